The van der Waals surface area contributed by atoms with Crippen molar-refractivity contribution in [2.45, 2.75) is 20.8 Å². The van der Waals surface area contributed by atoms with Crippen LogP contribution in [0.25, 0.3) is 11.5 Å². The molecule has 0 aromatic carbocycles. The molecule has 88 valence electrons. The number of furan rings is 1. The van der Waals surface area contributed by atoms with Crippen LogP contribution in [0.2, 0.25) is 0 Å². The molecule has 0 aliphatic carbocycles. The SMILES string of the molecule is CC(C)(C)C(=O)c1cc(-c2ccco2)ncn1. The highest BCUT2D eigenvalue weighted by Crippen LogP contribution is 2.22. The Balaban J connectivity index is 2.39. The van der Waals surface area contributed by atoms with Gasteiger partial charge in [-0.1, -0.05) is 20.8 Å². The van der Waals surface area contributed by atoms with Crippen molar-refractivity contribution in [2.24, 2.45) is 5.41 Å². The molecular weight excluding hydrogens is 216 g/mol. The first-order valence-electron chi connectivity index (χ1n) is 5.39. The van der Waals surface area contributed by atoms with Crippen molar-refractivity contribution in [2.75, 3.05) is 0 Å². The average Bonchev–Trinajstić information content (AvgIpc) is 2.80. The first-order chi connectivity index (χ1) is 7.98. The quantitative estimate of drug-likeness (QED) is 0.744. The van der Waals surface area contributed by atoms with Gasteiger partial charge in [0.15, 0.2) is 11.5 Å². The third kappa shape index (κ3) is 2.41. The van der Waals surface area contributed by atoms with Gasteiger partial charge in [0.1, 0.15) is 17.7 Å². The number of rotatable bonds is 2. The van der Waals surface area contributed by atoms with E-state index in [4.69, 9.17) is 4.42 Å². The molecule has 4 nitrogen and oxygen atoms in total. The Morgan fingerprint density at radius 3 is 2.65 bits per heavy atom. The number of Topliss-reactive ketones (excluding diaryl/α,β-unsaturated/α-hetero) is 1. The van der Waals surface area contributed by atoms with Crippen LogP contribution >= 0.6 is 0 Å². The predicted octanol–water partition coefficient (Wildman–Crippen LogP) is 2.97. The van der Waals surface area contributed by atoms with Crippen molar-refractivity contribution >= 4 is 5.78 Å². The number of carbonyl (C=O) groups is 1. The molecule has 0 fully saturated rings. The summed E-state index contributed by atoms with van der Waals surface area (Å²) < 4.78 is 5.24. The van der Waals surface area contributed by atoms with Crippen LogP contribution in [-0.2, 0) is 0 Å². The lowest BCUT2D eigenvalue weighted by Crippen LogP contribution is -2.21. The summed E-state index contributed by atoms with van der Waals surface area (Å²) in [6, 6.07) is 5.24. The van der Waals surface area contributed by atoms with Crippen LogP contribution < -0.4 is 0 Å². The molecule has 0 spiro atoms. The highest BCUT2D eigenvalue weighted by molar-refractivity contribution is 5.98. The maximum absolute atomic E-state index is 12.1. The molecule has 4 heteroatoms. The molecule has 0 aliphatic rings. The van der Waals surface area contributed by atoms with Gasteiger partial charge in [-0.25, -0.2) is 9.97 Å². The van der Waals surface area contributed by atoms with Gasteiger partial charge in [-0.2, -0.15) is 0 Å². The Labute approximate surface area is 99.7 Å². The molecule has 2 rings (SSSR count). The molecule has 0 saturated heterocycles. The molecule has 0 N–H and O–H groups in total. The zero-order chi connectivity index (χ0) is 12.5. The zero-order valence-corrected chi connectivity index (χ0v) is 10.1. The fraction of sp³-hybridized carbons (Fsp3) is 0.308. The fourth-order valence-corrected chi connectivity index (χ4v) is 1.42. The van der Waals surface area contributed by atoms with Gasteiger partial charge in [0, 0.05) is 5.41 Å². The summed E-state index contributed by atoms with van der Waals surface area (Å²) in [6.45, 7) is 5.60. The Kier molecular flexibility index (Phi) is 2.79. The van der Waals surface area contributed by atoms with Gasteiger partial charge in [0.25, 0.3) is 0 Å². The lowest BCUT2D eigenvalue weighted by atomic mass is 9.88. The zero-order valence-electron chi connectivity index (χ0n) is 10.1. The van der Waals surface area contributed by atoms with E-state index in [1.165, 1.54) is 6.33 Å². The van der Waals surface area contributed by atoms with Crippen LogP contribution in [0.5, 0.6) is 0 Å². The Morgan fingerprint density at radius 1 is 1.29 bits per heavy atom. The van der Waals surface area contributed by atoms with E-state index in [-0.39, 0.29) is 5.78 Å². The summed E-state index contributed by atoms with van der Waals surface area (Å²) in [5, 5.41) is 0. The maximum atomic E-state index is 12.1. The van der Waals surface area contributed by atoms with E-state index < -0.39 is 5.41 Å². The normalized spacial score (nSPS) is 11.5. The van der Waals surface area contributed by atoms with E-state index in [9.17, 15) is 4.79 Å². The van der Waals surface area contributed by atoms with Crippen molar-refractivity contribution in [1.29, 1.82) is 0 Å². The summed E-state index contributed by atoms with van der Waals surface area (Å²) in [4.78, 5) is 20.2. The summed E-state index contributed by atoms with van der Waals surface area (Å²) in [5.74, 6) is 0.628. The number of ketones is 1. The second-order valence-corrected chi connectivity index (χ2v) is 4.84. The molecule has 0 bridgehead atoms. The van der Waals surface area contributed by atoms with Gasteiger partial charge < -0.3 is 4.42 Å². The largest absolute Gasteiger partial charge is 0.463 e. The van der Waals surface area contributed by atoms with Crippen LogP contribution in [-0.4, -0.2) is 15.8 Å². The number of aromatic nitrogens is 2. The molecule has 2 aromatic rings. The van der Waals surface area contributed by atoms with Crippen molar-refractivity contribution in [3.63, 3.8) is 0 Å². The van der Waals surface area contributed by atoms with Crippen LogP contribution in [0.3, 0.4) is 0 Å². The number of nitrogens with zero attached hydrogens (tertiary/aromatic N) is 2. The predicted molar refractivity (Wildman–Crippen MR) is 63.5 cm³/mol. The molecule has 0 radical (unpaired) electrons. The molecule has 0 aliphatic heterocycles. The molecule has 0 atom stereocenters. The van der Waals surface area contributed by atoms with Gasteiger partial charge in [0.2, 0.25) is 0 Å². The topological polar surface area (TPSA) is 56.0 Å². The molecule has 0 saturated carbocycles. The summed E-state index contributed by atoms with van der Waals surface area (Å²) >= 11 is 0. The Bertz CT molecular complexity index is 525. The van der Waals surface area contributed by atoms with E-state index in [1.54, 1.807) is 24.5 Å². The van der Waals surface area contributed by atoms with E-state index in [1.807, 2.05) is 20.8 Å². The van der Waals surface area contributed by atoms with Crippen molar-refractivity contribution in [3.8, 4) is 11.5 Å². The van der Waals surface area contributed by atoms with Crippen LogP contribution in [0.1, 0.15) is 31.3 Å². The first-order valence-corrected chi connectivity index (χ1v) is 5.39. The second-order valence-electron chi connectivity index (χ2n) is 4.84. The molecule has 17 heavy (non-hydrogen) atoms. The highest BCUT2D eigenvalue weighted by atomic mass is 16.3. The van der Waals surface area contributed by atoms with Crippen LogP contribution in [0.4, 0.5) is 0 Å². The lowest BCUT2D eigenvalue weighted by Gasteiger charge is -2.15. The molecule has 2 aromatic heterocycles. The van der Waals surface area contributed by atoms with Gasteiger partial charge in [-0.3, -0.25) is 4.79 Å². The third-order valence-electron chi connectivity index (χ3n) is 2.35. The Hall–Kier alpha value is -1.97. The smallest absolute Gasteiger partial charge is 0.186 e. The first kappa shape index (κ1) is 11.5. The summed E-state index contributed by atoms with van der Waals surface area (Å²) in [7, 11) is 0. The number of hydrogen-bond acceptors (Lipinski definition) is 4. The van der Waals surface area contributed by atoms with Crippen molar-refractivity contribution in [3.05, 3.63) is 36.5 Å². The minimum atomic E-state index is -0.450. The maximum Gasteiger partial charge on any atom is 0.186 e. The van der Waals surface area contributed by atoms with Gasteiger partial charge in [-0.05, 0) is 18.2 Å². The standard InChI is InChI=1S/C13H14N2O2/c1-13(2,3)12(16)10-7-9(14-8-15-10)11-5-4-6-17-11/h4-8H,1-3H3. The van der Waals surface area contributed by atoms with E-state index in [2.05, 4.69) is 9.97 Å². The van der Waals surface area contributed by atoms with Crippen molar-refractivity contribution < 1.29 is 9.21 Å². The summed E-state index contributed by atoms with van der Waals surface area (Å²) in [6.07, 6.45) is 2.96. The van der Waals surface area contributed by atoms with E-state index in [0.717, 1.165) is 0 Å². The van der Waals surface area contributed by atoms with E-state index >= 15 is 0 Å². The van der Waals surface area contributed by atoms with E-state index in [0.29, 0.717) is 17.1 Å². The van der Waals surface area contributed by atoms with Crippen molar-refractivity contribution in [1.82, 2.24) is 9.97 Å². The molecule has 2 heterocycles. The third-order valence-corrected chi connectivity index (χ3v) is 2.35. The molecule has 0 unspecified atom stereocenters. The highest BCUT2D eigenvalue weighted by Gasteiger charge is 2.24. The minimum absolute atomic E-state index is 0.00675. The Morgan fingerprint density at radius 2 is 2.06 bits per heavy atom. The van der Waals surface area contributed by atoms with Crippen LogP contribution in [0, 0.1) is 5.41 Å². The monoisotopic (exact) mass is 230 g/mol. The van der Waals surface area contributed by atoms with Gasteiger partial charge in [-0.15, -0.1) is 0 Å². The minimum Gasteiger partial charge on any atom is -0.463 e. The van der Waals surface area contributed by atoms with Crippen LogP contribution in [0.15, 0.2) is 35.2 Å². The number of hydrogen-bond donors (Lipinski definition) is 0. The second kappa shape index (κ2) is 4.13. The van der Waals surface area contributed by atoms with Gasteiger partial charge >= 0.3 is 0 Å². The van der Waals surface area contributed by atoms with Gasteiger partial charge in [0.05, 0.1) is 6.26 Å². The number of carbonyl (C=O) groups excluding carboxylic acids is 1. The molecule has 0 amide bonds. The fourth-order valence-electron chi connectivity index (χ4n) is 1.42. The average molecular weight is 230 g/mol. The summed E-state index contributed by atoms with van der Waals surface area (Å²) in [5.41, 5.74) is 0.589. The lowest BCUT2D eigenvalue weighted by molar-refractivity contribution is 0.0853. The molecular formula is C13H14N2O2.